The third-order valence-electron chi connectivity index (χ3n) is 3.90. The predicted molar refractivity (Wildman–Crippen MR) is 61.6 cm³/mol. The molecule has 88 valence electrons. The van der Waals surface area contributed by atoms with Crippen molar-refractivity contribution < 1.29 is 5.11 Å². The van der Waals surface area contributed by atoms with E-state index in [1.165, 1.54) is 12.8 Å². The lowest BCUT2D eigenvalue weighted by Crippen LogP contribution is -2.55. The van der Waals surface area contributed by atoms with E-state index in [4.69, 9.17) is 5.73 Å². The van der Waals surface area contributed by atoms with E-state index in [1.54, 1.807) is 0 Å². The summed E-state index contributed by atoms with van der Waals surface area (Å²) in [6, 6.07) is 1.17. The van der Waals surface area contributed by atoms with Gasteiger partial charge in [-0.25, -0.2) is 0 Å². The number of aliphatic hydroxyl groups is 1. The minimum atomic E-state index is -0.340. The van der Waals surface area contributed by atoms with Gasteiger partial charge in [-0.1, -0.05) is 13.8 Å². The van der Waals surface area contributed by atoms with E-state index >= 15 is 0 Å². The molecule has 0 radical (unpaired) electrons. The van der Waals surface area contributed by atoms with E-state index < -0.39 is 0 Å². The SMILES string of the molecule is CC(C)CC1N(C2CC2)CCC1(N)CO. The van der Waals surface area contributed by atoms with Crippen molar-refractivity contribution >= 4 is 0 Å². The van der Waals surface area contributed by atoms with Gasteiger partial charge in [0, 0.05) is 18.6 Å². The Morgan fingerprint density at radius 1 is 1.47 bits per heavy atom. The highest BCUT2D eigenvalue weighted by Gasteiger charge is 2.48. The summed E-state index contributed by atoms with van der Waals surface area (Å²) < 4.78 is 0. The van der Waals surface area contributed by atoms with Gasteiger partial charge in [0.2, 0.25) is 0 Å². The van der Waals surface area contributed by atoms with Gasteiger partial charge in [-0.05, 0) is 31.6 Å². The summed E-state index contributed by atoms with van der Waals surface area (Å²) in [6.45, 7) is 5.69. The molecule has 0 aromatic carbocycles. The van der Waals surface area contributed by atoms with E-state index in [9.17, 15) is 5.11 Å². The molecule has 2 unspecified atom stereocenters. The number of nitrogens with zero attached hydrogens (tertiary/aromatic N) is 1. The highest BCUT2D eigenvalue weighted by molar-refractivity contribution is 5.07. The monoisotopic (exact) mass is 212 g/mol. The van der Waals surface area contributed by atoms with Crippen LogP contribution in [0.4, 0.5) is 0 Å². The molecule has 2 aliphatic rings. The maximum Gasteiger partial charge on any atom is 0.0627 e. The fourth-order valence-electron chi connectivity index (χ4n) is 2.83. The van der Waals surface area contributed by atoms with E-state index in [-0.39, 0.29) is 12.1 Å². The van der Waals surface area contributed by atoms with Gasteiger partial charge in [-0.15, -0.1) is 0 Å². The van der Waals surface area contributed by atoms with Crippen molar-refractivity contribution in [3.63, 3.8) is 0 Å². The van der Waals surface area contributed by atoms with Crippen LogP contribution in [0.2, 0.25) is 0 Å². The quantitative estimate of drug-likeness (QED) is 0.730. The molecule has 0 aromatic rings. The minimum Gasteiger partial charge on any atom is -0.394 e. The van der Waals surface area contributed by atoms with Gasteiger partial charge in [0.25, 0.3) is 0 Å². The summed E-state index contributed by atoms with van der Waals surface area (Å²) in [7, 11) is 0. The fourth-order valence-corrected chi connectivity index (χ4v) is 2.83. The summed E-state index contributed by atoms with van der Waals surface area (Å²) in [6.07, 6.45) is 4.73. The molecule has 2 atom stereocenters. The molecule has 15 heavy (non-hydrogen) atoms. The maximum atomic E-state index is 9.48. The molecule has 3 heteroatoms. The van der Waals surface area contributed by atoms with Crippen LogP contribution >= 0.6 is 0 Å². The average Bonchev–Trinajstić information content (AvgIpc) is 2.96. The summed E-state index contributed by atoms with van der Waals surface area (Å²) >= 11 is 0. The van der Waals surface area contributed by atoms with Crippen LogP contribution in [0.25, 0.3) is 0 Å². The normalized spacial score (nSPS) is 37.8. The van der Waals surface area contributed by atoms with Crippen LogP contribution in [0, 0.1) is 5.92 Å². The molecular formula is C12H24N2O. The molecular weight excluding hydrogens is 188 g/mol. The Hall–Kier alpha value is -0.120. The zero-order chi connectivity index (χ0) is 11.1. The van der Waals surface area contributed by atoms with Crippen molar-refractivity contribution in [1.29, 1.82) is 0 Å². The van der Waals surface area contributed by atoms with Crippen LogP contribution in [-0.4, -0.2) is 40.8 Å². The Labute approximate surface area is 92.6 Å². The van der Waals surface area contributed by atoms with Crippen molar-refractivity contribution in [3.8, 4) is 0 Å². The largest absolute Gasteiger partial charge is 0.394 e. The molecule has 1 aliphatic carbocycles. The standard InChI is InChI=1S/C12H24N2O/c1-9(2)7-11-12(13,8-15)5-6-14(11)10-3-4-10/h9-11,15H,3-8,13H2,1-2H3. The third kappa shape index (κ3) is 2.19. The first-order valence-corrected chi connectivity index (χ1v) is 6.22. The third-order valence-corrected chi connectivity index (χ3v) is 3.90. The van der Waals surface area contributed by atoms with E-state index in [2.05, 4.69) is 18.7 Å². The highest BCUT2D eigenvalue weighted by atomic mass is 16.3. The molecule has 2 fully saturated rings. The number of nitrogens with two attached hydrogens (primary N) is 1. The summed E-state index contributed by atoms with van der Waals surface area (Å²) in [5.74, 6) is 0.656. The molecule has 1 saturated carbocycles. The van der Waals surface area contributed by atoms with Gasteiger partial charge in [0.1, 0.15) is 0 Å². The van der Waals surface area contributed by atoms with Crippen LogP contribution in [0.5, 0.6) is 0 Å². The van der Waals surface area contributed by atoms with E-state index in [1.807, 2.05) is 0 Å². The highest BCUT2D eigenvalue weighted by Crippen LogP contribution is 2.39. The van der Waals surface area contributed by atoms with Gasteiger partial charge >= 0.3 is 0 Å². The zero-order valence-corrected chi connectivity index (χ0v) is 9.95. The van der Waals surface area contributed by atoms with E-state index in [0.717, 1.165) is 25.4 Å². The van der Waals surface area contributed by atoms with Crippen LogP contribution < -0.4 is 5.73 Å². The molecule has 0 amide bonds. The van der Waals surface area contributed by atoms with Crippen molar-refractivity contribution in [3.05, 3.63) is 0 Å². The van der Waals surface area contributed by atoms with Crippen molar-refractivity contribution in [1.82, 2.24) is 4.90 Å². The Morgan fingerprint density at radius 3 is 2.60 bits per heavy atom. The lowest BCUT2D eigenvalue weighted by molar-refractivity contribution is 0.120. The molecule has 1 heterocycles. The summed E-state index contributed by atoms with van der Waals surface area (Å²) in [5, 5.41) is 9.48. The van der Waals surface area contributed by atoms with Gasteiger partial charge in [0.15, 0.2) is 0 Å². The molecule has 1 aliphatic heterocycles. The van der Waals surface area contributed by atoms with Gasteiger partial charge in [-0.3, -0.25) is 4.90 Å². The van der Waals surface area contributed by atoms with Gasteiger partial charge in [-0.2, -0.15) is 0 Å². The first kappa shape index (κ1) is 11.4. The second kappa shape index (κ2) is 4.04. The topological polar surface area (TPSA) is 49.5 Å². The summed E-state index contributed by atoms with van der Waals surface area (Å²) in [4.78, 5) is 2.55. The lowest BCUT2D eigenvalue weighted by Gasteiger charge is -2.35. The van der Waals surface area contributed by atoms with E-state index in [0.29, 0.717) is 12.0 Å². The van der Waals surface area contributed by atoms with Gasteiger partial charge < -0.3 is 10.8 Å². The second-order valence-electron chi connectivity index (χ2n) is 5.76. The number of rotatable bonds is 4. The van der Waals surface area contributed by atoms with Crippen molar-refractivity contribution in [2.75, 3.05) is 13.2 Å². The number of likely N-dealkylation sites (tertiary alicyclic amines) is 1. The number of aliphatic hydroxyl groups excluding tert-OH is 1. The van der Waals surface area contributed by atoms with Crippen LogP contribution in [0.15, 0.2) is 0 Å². The van der Waals surface area contributed by atoms with Crippen LogP contribution in [0.3, 0.4) is 0 Å². The summed E-state index contributed by atoms with van der Waals surface area (Å²) in [5.41, 5.74) is 5.97. The molecule has 1 saturated heterocycles. The Morgan fingerprint density at radius 2 is 2.13 bits per heavy atom. The molecule has 2 rings (SSSR count). The van der Waals surface area contributed by atoms with Crippen molar-refractivity contribution in [2.45, 2.75) is 57.2 Å². The predicted octanol–water partition coefficient (Wildman–Crippen LogP) is 0.959. The number of hydrogen-bond donors (Lipinski definition) is 2. The lowest BCUT2D eigenvalue weighted by atomic mass is 9.86. The van der Waals surface area contributed by atoms with Gasteiger partial charge in [0.05, 0.1) is 12.1 Å². The first-order valence-electron chi connectivity index (χ1n) is 6.22. The fraction of sp³-hybridized carbons (Fsp3) is 1.00. The molecule has 3 nitrogen and oxygen atoms in total. The van der Waals surface area contributed by atoms with Crippen LogP contribution in [0.1, 0.15) is 39.5 Å². The number of hydrogen-bond acceptors (Lipinski definition) is 3. The molecule has 0 spiro atoms. The Bertz CT molecular complexity index is 228. The zero-order valence-electron chi connectivity index (χ0n) is 9.95. The minimum absolute atomic E-state index is 0.133. The van der Waals surface area contributed by atoms with Crippen LogP contribution in [-0.2, 0) is 0 Å². The molecule has 0 bridgehead atoms. The average molecular weight is 212 g/mol. The van der Waals surface area contributed by atoms with Crippen molar-refractivity contribution in [2.24, 2.45) is 11.7 Å². The first-order chi connectivity index (χ1) is 7.07. The maximum absolute atomic E-state index is 9.48. The Balaban J connectivity index is 2.07. The smallest absolute Gasteiger partial charge is 0.0627 e. The molecule has 0 aromatic heterocycles. The molecule has 3 N–H and O–H groups in total. The Kier molecular flexibility index (Phi) is 3.06. The second-order valence-corrected chi connectivity index (χ2v) is 5.76.